The smallest absolute Gasteiger partial charge is 0.336 e. The second-order valence-electron chi connectivity index (χ2n) is 6.81. The summed E-state index contributed by atoms with van der Waals surface area (Å²) in [5, 5.41) is 12.6. The van der Waals surface area contributed by atoms with E-state index in [-0.39, 0.29) is 21.7 Å². The molecule has 154 valence electrons. The summed E-state index contributed by atoms with van der Waals surface area (Å²) >= 11 is 5.89. The van der Waals surface area contributed by atoms with Gasteiger partial charge in [-0.15, -0.1) is 0 Å². The Morgan fingerprint density at radius 2 is 1.86 bits per heavy atom. The van der Waals surface area contributed by atoms with Gasteiger partial charge < -0.3 is 10.4 Å². The number of sulfonamides is 1. The molecule has 1 unspecified atom stereocenters. The van der Waals surface area contributed by atoms with Gasteiger partial charge >= 0.3 is 5.97 Å². The van der Waals surface area contributed by atoms with Crippen LogP contribution in [0.15, 0.2) is 47.4 Å². The number of nitrogens with zero attached hydrogens (tertiary/aromatic N) is 1. The van der Waals surface area contributed by atoms with E-state index in [4.69, 9.17) is 11.6 Å². The van der Waals surface area contributed by atoms with Gasteiger partial charge in [-0.05, 0) is 68.1 Å². The van der Waals surface area contributed by atoms with Crippen molar-refractivity contribution in [1.82, 2.24) is 5.32 Å². The van der Waals surface area contributed by atoms with Crippen molar-refractivity contribution < 1.29 is 23.1 Å². The maximum absolute atomic E-state index is 13.6. The Labute approximate surface area is 174 Å². The highest BCUT2D eigenvalue weighted by molar-refractivity contribution is 7.93. The van der Waals surface area contributed by atoms with Crippen LogP contribution in [0.25, 0.3) is 0 Å². The molecule has 1 aliphatic heterocycles. The Morgan fingerprint density at radius 3 is 2.52 bits per heavy atom. The maximum Gasteiger partial charge on any atom is 0.336 e. The average molecular weight is 437 g/mol. The summed E-state index contributed by atoms with van der Waals surface area (Å²) in [6.07, 6.45) is 1.73. The molecule has 3 rings (SSSR count). The van der Waals surface area contributed by atoms with Crippen molar-refractivity contribution in [1.29, 1.82) is 0 Å². The van der Waals surface area contributed by atoms with Gasteiger partial charge in [0.1, 0.15) is 6.04 Å². The lowest BCUT2D eigenvalue weighted by Gasteiger charge is -2.32. The zero-order valence-electron chi connectivity index (χ0n) is 15.8. The van der Waals surface area contributed by atoms with E-state index in [2.05, 4.69) is 5.32 Å². The van der Waals surface area contributed by atoms with Crippen molar-refractivity contribution in [3.8, 4) is 0 Å². The van der Waals surface area contributed by atoms with Crippen molar-refractivity contribution in [2.24, 2.45) is 0 Å². The van der Waals surface area contributed by atoms with Gasteiger partial charge in [0.25, 0.3) is 10.0 Å². The molecule has 0 aliphatic carbocycles. The van der Waals surface area contributed by atoms with Crippen LogP contribution in [0.4, 0.5) is 5.69 Å². The summed E-state index contributed by atoms with van der Waals surface area (Å²) in [4.78, 5) is 24.3. The Balaban J connectivity index is 2.22. The molecule has 1 amide bonds. The molecule has 2 aromatic rings. The standard InChI is InChI=1S/C20H21ClN2O5S/c1-13-16(20(25)26)5-4-7-17(13)23(18-6-2-3-12-22-19(18)24)29(27,28)15-10-8-14(21)9-11-15/h4-5,7-11,18H,2-3,6,12H2,1H3,(H,22,24)(H,25,26). The molecule has 0 spiro atoms. The van der Waals surface area contributed by atoms with Gasteiger partial charge in [0.2, 0.25) is 5.91 Å². The fourth-order valence-corrected chi connectivity index (χ4v) is 5.25. The predicted molar refractivity (Wildman–Crippen MR) is 110 cm³/mol. The van der Waals surface area contributed by atoms with Crippen LogP contribution in [-0.4, -0.2) is 38.0 Å². The van der Waals surface area contributed by atoms with Crippen LogP contribution in [0.2, 0.25) is 5.02 Å². The molecule has 0 radical (unpaired) electrons. The van der Waals surface area contributed by atoms with Crippen LogP contribution in [0.3, 0.4) is 0 Å². The number of benzene rings is 2. The minimum Gasteiger partial charge on any atom is -0.478 e. The first kappa shape index (κ1) is 21.1. The number of aromatic carboxylic acids is 1. The topological polar surface area (TPSA) is 104 Å². The molecule has 0 saturated carbocycles. The largest absolute Gasteiger partial charge is 0.478 e. The van der Waals surface area contributed by atoms with E-state index >= 15 is 0 Å². The number of carboxylic acids is 1. The van der Waals surface area contributed by atoms with Gasteiger partial charge in [-0.2, -0.15) is 0 Å². The summed E-state index contributed by atoms with van der Waals surface area (Å²) in [6.45, 7) is 2.01. The summed E-state index contributed by atoms with van der Waals surface area (Å²) in [5.74, 6) is -1.57. The van der Waals surface area contributed by atoms with E-state index in [1.165, 1.54) is 49.4 Å². The number of carbonyl (C=O) groups excluding carboxylic acids is 1. The Hall–Kier alpha value is -2.58. The highest BCUT2D eigenvalue weighted by atomic mass is 35.5. The number of halogens is 1. The summed E-state index contributed by atoms with van der Waals surface area (Å²) in [5.41, 5.74) is 0.421. The number of hydrogen-bond donors (Lipinski definition) is 2. The zero-order chi connectivity index (χ0) is 21.2. The van der Waals surface area contributed by atoms with Gasteiger partial charge in [0, 0.05) is 11.6 Å². The van der Waals surface area contributed by atoms with E-state index in [1.807, 2.05) is 0 Å². The van der Waals surface area contributed by atoms with E-state index in [0.29, 0.717) is 24.4 Å². The van der Waals surface area contributed by atoms with Gasteiger partial charge in [-0.3, -0.25) is 9.10 Å². The lowest BCUT2D eigenvalue weighted by atomic mass is 10.0. The molecular weight excluding hydrogens is 416 g/mol. The second kappa shape index (κ2) is 8.42. The average Bonchev–Trinajstić information content (AvgIpc) is 2.88. The zero-order valence-corrected chi connectivity index (χ0v) is 17.3. The predicted octanol–water partition coefficient (Wildman–Crippen LogP) is 3.21. The number of nitrogens with one attached hydrogen (secondary N) is 1. The normalized spacial score (nSPS) is 17.3. The first-order valence-electron chi connectivity index (χ1n) is 9.14. The molecular formula is C20H21ClN2O5S. The molecule has 1 aliphatic rings. The van der Waals surface area contributed by atoms with E-state index in [0.717, 1.165) is 10.7 Å². The Morgan fingerprint density at radius 1 is 1.17 bits per heavy atom. The summed E-state index contributed by atoms with van der Waals surface area (Å²) in [7, 11) is -4.16. The van der Waals surface area contributed by atoms with Gasteiger partial charge in [-0.1, -0.05) is 17.7 Å². The molecule has 0 bridgehead atoms. The SMILES string of the molecule is Cc1c(C(=O)O)cccc1N(C1CCCCNC1=O)S(=O)(=O)c1ccc(Cl)cc1. The third-order valence-corrected chi connectivity index (χ3v) is 7.02. The minimum absolute atomic E-state index is 0.0205. The van der Waals surface area contributed by atoms with Crippen LogP contribution in [-0.2, 0) is 14.8 Å². The number of rotatable bonds is 5. The minimum atomic E-state index is -4.16. The molecule has 9 heteroatoms. The Kier molecular flexibility index (Phi) is 6.14. The molecule has 0 aromatic heterocycles. The van der Waals surface area contributed by atoms with Crippen molar-refractivity contribution in [3.05, 3.63) is 58.6 Å². The third-order valence-electron chi connectivity index (χ3n) is 4.93. The number of amides is 1. The van der Waals surface area contributed by atoms with Crippen molar-refractivity contribution >= 4 is 39.2 Å². The summed E-state index contributed by atoms with van der Waals surface area (Å²) in [6, 6.07) is 9.08. The number of anilines is 1. The van der Waals surface area contributed by atoms with Crippen molar-refractivity contribution in [3.63, 3.8) is 0 Å². The van der Waals surface area contributed by atoms with Gasteiger partial charge in [-0.25, -0.2) is 13.2 Å². The highest BCUT2D eigenvalue weighted by Crippen LogP contribution is 2.33. The Bertz CT molecular complexity index is 1040. The molecule has 1 fully saturated rings. The highest BCUT2D eigenvalue weighted by Gasteiger charge is 2.38. The molecule has 1 saturated heterocycles. The van der Waals surface area contributed by atoms with Crippen molar-refractivity contribution in [2.75, 3.05) is 10.8 Å². The van der Waals surface area contributed by atoms with E-state index in [1.54, 1.807) is 0 Å². The molecule has 29 heavy (non-hydrogen) atoms. The van der Waals surface area contributed by atoms with Gasteiger partial charge in [0.15, 0.2) is 0 Å². The van der Waals surface area contributed by atoms with E-state index < -0.39 is 27.9 Å². The second-order valence-corrected chi connectivity index (χ2v) is 9.06. The molecule has 1 atom stereocenters. The third kappa shape index (κ3) is 4.23. The maximum atomic E-state index is 13.6. The van der Waals surface area contributed by atoms with Crippen LogP contribution in [0.5, 0.6) is 0 Å². The lowest BCUT2D eigenvalue weighted by molar-refractivity contribution is -0.121. The number of carboxylic acid groups (broad SMARTS) is 1. The number of hydrogen-bond acceptors (Lipinski definition) is 4. The first-order valence-corrected chi connectivity index (χ1v) is 11.0. The molecule has 2 aromatic carbocycles. The monoisotopic (exact) mass is 436 g/mol. The molecule has 1 heterocycles. The van der Waals surface area contributed by atoms with Crippen LogP contribution in [0, 0.1) is 6.92 Å². The van der Waals surface area contributed by atoms with Crippen LogP contribution < -0.4 is 9.62 Å². The van der Waals surface area contributed by atoms with E-state index in [9.17, 15) is 23.1 Å². The molecule has 7 nitrogen and oxygen atoms in total. The van der Waals surface area contributed by atoms with Crippen molar-refractivity contribution in [2.45, 2.75) is 37.1 Å². The molecule has 2 N–H and O–H groups in total. The first-order chi connectivity index (χ1) is 13.7. The fourth-order valence-electron chi connectivity index (χ4n) is 3.43. The fraction of sp³-hybridized carbons (Fsp3) is 0.300. The number of carbonyl (C=O) groups is 2. The quantitative estimate of drug-likeness (QED) is 0.748. The lowest BCUT2D eigenvalue weighted by Crippen LogP contribution is -2.49. The van der Waals surface area contributed by atoms with Crippen LogP contribution >= 0.6 is 11.6 Å². The summed E-state index contributed by atoms with van der Waals surface area (Å²) < 4.78 is 28.2. The van der Waals surface area contributed by atoms with Crippen LogP contribution in [0.1, 0.15) is 35.2 Å². The van der Waals surface area contributed by atoms with Gasteiger partial charge in [0.05, 0.1) is 16.1 Å².